The van der Waals surface area contributed by atoms with Crippen molar-refractivity contribution in [2.45, 2.75) is 45.8 Å². The molecule has 0 spiro atoms. The number of aromatic nitrogens is 1. The summed E-state index contributed by atoms with van der Waals surface area (Å²) in [7, 11) is 0. The third-order valence-corrected chi connectivity index (χ3v) is 5.53. The van der Waals surface area contributed by atoms with Gasteiger partial charge < -0.3 is 10.1 Å². The fourth-order valence-electron chi connectivity index (χ4n) is 2.22. The van der Waals surface area contributed by atoms with Crippen LogP contribution >= 0.6 is 23.1 Å². The average molecular weight is 300 g/mol. The van der Waals surface area contributed by atoms with Crippen LogP contribution in [-0.4, -0.2) is 41.8 Å². The van der Waals surface area contributed by atoms with Crippen LogP contribution < -0.4 is 5.32 Å². The molecule has 19 heavy (non-hydrogen) atoms. The Bertz CT molecular complexity index is 369. The fraction of sp³-hybridized carbons (Fsp3) is 0.786. The van der Waals surface area contributed by atoms with Gasteiger partial charge in [-0.1, -0.05) is 6.92 Å². The maximum atomic E-state index is 5.94. The normalized spacial score (nSPS) is 21.5. The molecule has 0 aliphatic carbocycles. The predicted molar refractivity (Wildman–Crippen MR) is 84.4 cm³/mol. The Hall–Kier alpha value is -0.100. The number of hydrogen-bond donors (Lipinski definition) is 1. The molecule has 1 fully saturated rings. The molecule has 1 N–H and O–H groups in total. The van der Waals surface area contributed by atoms with Gasteiger partial charge in [0.2, 0.25) is 0 Å². The maximum Gasteiger partial charge on any atom is 0.0947 e. The van der Waals surface area contributed by atoms with Crippen molar-refractivity contribution in [1.82, 2.24) is 10.3 Å². The number of nitrogens with one attached hydrogen (secondary N) is 1. The van der Waals surface area contributed by atoms with Crippen molar-refractivity contribution >= 4 is 23.1 Å². The average Bonchev–Trinajstić information content (AvgIpc) is 2.74. The third-order valence-electron chi connectivity index (χ3n) is 3.41. The molecule has 0 aromatic carbocycles. The summed E-state index contributed by atoms with van der Waals surface area (Å²) >= 11 is 3.83. The van der Waals surface area contributed by atoms with E-state index in [1.54, 1.807) is 0 Å². The van der Waals surface area contributed by atoms with Crippen molar-refractivity contribution < 1.29 is 4.74 Å². The number of aryl methyl sites for hydroxylation is 2. The first-order valence-electron chi connectivity index (χ1n) is 7.06. The van der Waals surface area contributed by atoms with Crippen LogP contribution in [0.1, 0.15) is 28.9 Å². The second-order valence-corrected chi connectivity index (χ2v) is 7.44. The van der Waals surface area contributed by atoms with E-state index in [4.69, 9.17) is 4.74 Å². The van der Waals surface area contributed by atoms with Gasteiger partial charge in [0.05, 0.1) is 23.4 Å². The zero-order valence-corrected chi connectivity index (χ0v) is 13.7. The molecular weight excluding hydrogens is 276 g/mol. The minimum Gasteiger partial charge on any atom is -0.375 e. The summed E-state index contributed by atoms with van der Waals surface area (Å²) < 4.78 is 5.94. The molecule has 1 aromatic heterocycles. The van der Waals surface area contributed by atoms with Crippen LogP contribution in [0.25, 0.3) is 0 Å². The first-order chi connectivity index (χ1) is 9.20. The van der Waals surface area contributed by atoms with Gasteiger partial charge in [-0.3, -0.25) is 0 Å². The summed E-state index contributed by atoms with van der Waals surface area (Å²) in [4.78, 5) is 6.01. The van der Waals surface area contributed by atoms with Gasteiger partial charge in [-0.25, -0.2) is 4.98 Å². The smallest absolute Gasteiger partial charge is 0.0947 e. The van der Waals surface area contributed by atoms with Gasteiger partial charge in [0.1, 0.15) is 0 Å². The molecule has 1 aromatic rings. The summed E-state index contributed by atoms with van der Waals surface area (Å²) in [5.41, 5.74) is 1.17. The molecule has 2 unspecified atom stereocenters. The molecule has 1 saturated heterocycles. The number of ether oxygens (including phenoxy) is 1. The Balaban J connectivity index is 1.99. The highest BCUT2D eigenvalue weighted by molar-refractivity contribution is 7.99. The Kier molecular flexibility index (Phi) is 6.13. The minimum absolute atomic E-state index is 0.329. The third kappa shape index (κ3) is 4.45. The molecule has 0 saturated carbocycles. The number of nitrogens with zero attached hydrogens (tertiary/aromatic N) is 1. The molecule has 1 aliphatic rings. The van der Waals surface area contributed by atoms with E-state index in [9.17, 15) is 0 Å². The zero-order chi connectivity index (χ0) is 13.7. The van der Waals surface area contributed by atoms with E-state index in [2.05, 4.69) is 31.1 Å². The van der Waals surface area contributed by atoms with Gasteiger partial charge in [-0.15, -0.1) is 11.3 Å². The van der Waals surface area contributed by atoms with Crippen LogP contribution in [0.2, 0.25) is 0 Å². The lowest BCUT2D eigenvalue weighted by Crippen LogP contribution is -2.46. The van der Waals surface area contributed by atoms with E-state index in [-0.39, 0.29) is 0 Å². The quantitative estimate of drug-likeness (QED) is 0.876. The van der Waals surface area contributed by atoms with Crippen molar-refractivity contribution in [1.29, 1.82) is 0 Å². The Labute approximate surface area is 124 Å². The first-order valence-corrected chi connectivity index (χ1v) is 9.03. The maximum absolute atomic E-state index is 5.94. The van der Waals surface area contributed by atoms with E-state index in [1.165, 1.54) is 15.6 Å². The van der Waals surface area contributed by atoms with Crippen LogP contribution in [-0.2, 0) is 11.2 Å². The Morgan fingerprint density at radius 3 is 2.89 bits per heavy atom. The summed E-state index contributed by atoms with van der Waals surface area (Å²) in [6.45, 7) is 8.39. The Morgan fingerprint density at radius 1 is 1.47 bits per heavy atom. The molecule has 1 aliphatic heterocycles. The highest BCUT2D eigenvalue weighted by atomic mass is 32.2. The largest absolute Gasteiger partial charge is 0.375 e. The van der Waals surface area contributed by atoms with E-state index < -0.39 is 0 Å². The van der Waals surface area contributed by atoms with E-state index in [0.717, 1.165) is 37.5 Å². The molecule has 2 atom stereocenters. The highest BCUT2D eigenvalue weighted by Gasteiger charge is 2.25. The van der Waals surface area contributed by atoms with Crippen LogP contribution in [0.4, 0.5) is 0 Å². The predicted octanol–water partition coefficient (Wildman–Crippen LogP) is 2.80. The summed E-state index contributed by atoms with van der Waals surface area (Å²) in [6.07, 6.45) is 2.48. The SMILES string of the molecule is CCCNC(Cc1nc(C)c(C)s1)C1CSCCO1. The fourth-order valence-corrected chi connectivity index (χ4v) is 4.15. The Morgan fingerprint density at radius 2 is 2.32 bits per heavy atom. The van der Waals surface area contributed by atoms with Gasteiger partial charge in [-0.2, -0.15) is 11.8 Å². The lowest BCUT2D eigenvalue weighted by Gasteiger charge is -2.30. The van der Waals surface area contributed by atoms with Crippen LogP contribution in [0.5, 0.6) is 0 Å². The van der Waals surface area contributed by atoms with Gasteiger partial charge in [0.15, 0.2) is 0 Å². The molecule has 2 rings (SSSR count). The molecule has 0 radical (unpaired) electrons. The molecule has 2 heterocycles. The van der Waals surface area contributed by atoms with Gasteiger partial charge in [0, 0.05) is 28.8 Å². The number of thioether (sulfide) groups is 1. The number of thiazole rings is 1. The van der Waals surface area contributed by atoms with E-state index in [0.29, 0.717) is 12.1 Å². The van der Waals surface area contributed by atoms with Gasteiger partial charge in [-0.05, 0) is 26.8 Å². The van der Waals surface area contributed by atoms with Gasteiger partial charge >= 0.3 is 0 Å². The van der Waals surface area contributed by atoms with Crippen molar-refractivity contribution in [2.24, 2.45) is 0 Å². The lowest BCUT2D eigenvalue weighted by atomic mass is 10.1. The molecule has 5 heteroatoms. The summed E-state index contributed by atoms with van der Waals surface area (Å²) in [5.74, 6) is 2.23. The number of rotatable bonds is 6. The summed E-state index contributed by atoms with van der Waals surface area (Å²) in [5, 5.41) is 4.88. The van der Waals surface area contributed by atoms with Crippen LogP contribution in [0.3, 0.4) is 0 Å². The molecule has 0 amide bonds. The zero-order valence-electron chi connectivity index (χ0n) is 12.1. The van der Waals surface area contributed by atoms with Gasteiger partial charge in [0.25, 0.3) is 0 Å². The number of hydrogen-bond acceptors (Lipinski definition) is 5. The standard InChI is InChI=1S/C14H24N2OS2/c1-4-5-15-12(13-9-18-7-6-17-13)8-14-16-10(2)11(3)19-14/h12-13,15H,4-9H2,1-3H3. The monoisotopic (exact) mass is 300 g/mol. The molecular formula is C14H24N2OS2. The lowest BCUT2D eigenvalue weighted by molar-refractivity contribution is 0.0472. The molecule has 0 bridgehead atoms. The van der Waals surface area contributed by atoms with Crippen LogP contribution in [0, 0.1) is 13.8 Å². The summed E-state index contributed by atoms with van der Waals surface area (Å²) in [6, 6.07) is 0.401. The first kappa shape index (κ1) is 15.3. The second-order valence-electron chi connectivity index (χ2n) is 5.00. The second kappa shape index (κ2) is 7.62. The van der Waals surface area contributed by atoms with Crippen molar-refractivity contribution in [3.05, 3.63) is 15.6 Å². The minimum atomic E-state index is 0.329. The topological polar surface area (TPSA) is 34.2 Å². The van der Waals surface area contributed by atoms with Crippen molar-refractivity contribution in [3.63, 3.8) is 0 Å². The van der Waals surface area contributed by atoms with Crippen molar-refractivity contribution in [2.75, 3.05) is 24.7 Å². The molecule has 3 nitrogen and oxygen atoms in total. The van der Waals surface area contributed by atoms with E-state index in [1.807, 2.05) is 23.1 Å². The highest BCUT2D eigenvalue weighted by Crippen LogP contribution is 2.22. The molecule has 108 valence electrons. The van der Waals surface area contributed by atoms with E-state index >= 15 is 0 Å². The van der Waals surface area contributed by atoms with Crippen molar-refractivity contribution in [3.8, 4) is 0 Å². The van der Waals surface area contributed by atoms with Crippen LogP contribution in [0.15, 0.2) is 0 Å².